The summed E-state index contributed by atoms with van der Waals surface area (Å²) < 4.78 is 10.1. The highest BCUT2D eigenvalue weighted by molar-refractivity contribution is 5.93. The summed E-state index contributed by atoms with van der Waals surface area (Å²) in [5.74, 6) is 0.772. The number of anilines is 1. The van der Waals surface area contributed by atoms with Crippen molar-refractivity contribution in [1.82, 2.24) is 10.3 Å². The molecule has 0 radical (unpaired) electrons. The minimum atomic E-state index is -0.498. The van der Waals surface area contributed by atoms with E-state index in [1.165, 1.54) is 18.9 Å². The van der Waals surface area contributed by atoms with Gasteiger partial charge in [0.2, 0.25) is 5.52 Å². The summed E-state index contributed by atoms with van der Waals surface area (Å²) in [5.41, 5.74) is 1.11. The first kappa shape index (κ1) is 13.7. The van der Waals surface area contributed by atoms with Gasteiger partial charge in [-0.05, 0) is 41.6 Å². The third kappa shape index (κ3) is 3.27. The number of ether oxygens (including phenoxy) is 1. The molecule has 1 aromatic heterocycles. The van der Waals surface area contributed by atoms with Gasteiger partial charge < -0.3 is 10.1 Å². The zero-order chi connectivity index (χ0) is 14.7. The van der Waals surface area contributed by atoms with E-state index >= 15 is 0 Å². The third-order valence-corrected chi connectivity index (χ3v) is 3.42. The number of nitro groups is 1. The molecule has 1 aliphatic rings. The molecule has 112 valence electrons. The van der Waals surface area contributed by atoms with Crippen LogP contribution in [0.5, 0.6) is 0 Å². The summed E-state index contributed by atoms with van der Waals surface area (Å²) in [7, 11) is 0. The molecule has 0 bridgehead atoms. The first-order chi connectivity index (χ1) is 10.3. The Kier molecular flexibility index (Phi) is 3.96. The first-order valence-corrected chi connectivity index (χ1v) is 6.97. The van der Waals surface area contributed by atoms with E-state index in [1.807, 2.05) is 0 Å². The fourth-order valence-corrected chi connectivity index (χ4v) is 2.08. The number of rotatable bonds is 8. The van der Waals surface area contributed by atoms with Gasteiger partial charge in [0, 0.05) is 25.8 Å². The predicted octanol–water partition coefficient (Wildman–Crippen LogP) is 2.36. The van der Waals surface area contributed by atoms with Crippen LogP contribution in [-0.4, -0.2) is 35.0 Å². The number of nitrogens with one attached hydrogen (secondary N) is 1. The third-order valence-electron chi connectivity index (χ3n) is 3.42. The lowest BCUT2D eigenvalue weighted by Gasteiger charge is -2.07. The Balaban J connectivity index is 1.55. The van der Waals surface area contributed by atoms with Gasteiger partial charge in [0.05, 0.1) is 10.6 Å². The molecule has 2 aromatic rings. The average molecular weight is 292 g/mol. The molecule has 8 nitrogen and oxygen atoms in total. The van der Waals surface area contributed by atoms with Crippen LogP contribution < -0.4 is 5.32 Å². The van der Waals surface area contributed by atoms with Crippen molar-refractivity contribution in [2.45, 2.75) is 19.3 Å². The van der Waals surface area contributed by atoms with E-state index < -0.39 is 4.92 Å². The lowest BCUT2D eigenvalue weighted by molar-refractivity contribution is -0.383. The predicted molar refractivity (Wildman–Crippen MR) is 75.1 cm³/mol. The normalized spacial score (nSPS) is 14.5. The fourth-order valence-electron chi connectivity index (χ4n) is 2.08. The van der Waals surface area contributed by atoms with Crippen molar-refractivity contribution in [3.8, 4) is 0 Å². The second-order valence-electron chi connectivity index (χ2n) is 5.15. The van der Waals surface area contributed by atoms with Crippen molar-refractivity contribution in [1.29, 1.82) is 0 Å². The Bertz CT molecular complexity index is 638. The van der Waals surface area contributed by atoms with Crippen LogP contribution in [0.25, 0.3) is 11.0 Å². The number of nitro benzene ring substituents is 1. The van der Waals surface area contributed by atoms with Gasteiger partial charge in [-0.3, -0.25) is 10.1 Å². The minimum Gasteiger partial charge on any atom is -0.383 e. The molecule has 0 atom stereocenters. The molecule has 1 aromatic carbocycles. The largest absolute Gasteiger partial charge is 0.383 e. The van der Waals surface area contributed by atoms with Crippen molar-refractivity contribution in [2.24, 2.45) is 5.92 Å². The van der Waals surface area contributed by atoms with Gasteiger partial charge in [-0.25, -0.2) is 4.63 Å². The smallest absolute Gasteiger partial charge is 0.300 e. The highest BCUT2D eigenvalue weighted by Crippen LogP contribution is 2.29. The summed E-state index contributed by atoms with van der Waals surface area (Å²) in [4.78, 5) is 10.4. The molecular formula is C13H16N4O4. The number of hydrogen-bond acceptors (Lipinski definition) is 7. The maximum Gasteiger partial charge on any atom is 0.300 e. The average Bonchev–Trinajstić information content (AvgIpc) is 3.16. The number of nitrogens with zero attached hydrogens (tertiary/aromatic N) is 3. The zero-order valence-corrected chi connectivity index (χ0v) is 11.4. The molecular weight excluding hydrogens is 276 g/mol. The Hall–Kier alpha value is -2.22. The molecule has 0 unspecified atom stereocenters. The second-order valence-corrected chi connectivity index (χ2v) is 5.15. The van der Waals surface area contributed by atoms with Crippen molar-refractivity contribution in [3.05, 3.63) is 22.2 Å². The van der Waals surface area contributed by atoms with Gasteiger partial charge in [0.15, 0.2) is 5.52 Å². The fraction of sp³-hybridized carbons (Fsp3) is 0.538. The summed E-state index contributed by atoms with van der Waals surface area (Å²) in [6.07, 6.45) is 3.44. The lowest BCUT2D eigenvalue weighted by Crippen LogP contribution is -2.07. The van der Waals surface area contributed by atoms with Crippen LogP contribution in [0.4, 0.5) is 11.4 Å². The SMILES string of the molecule is O=[N+]([O-])c1ccc(NCCCOCC2CC2)c2nonc12. The lowest BCUT2D eigenvalue weighted by atomic mass is 10.2. The van der Waals surface area contributed by atoms with E-state index in [2.05, 4.69) is 20.3 Å². The van der Waals surface area contributed by atoms with Gasteiger partial charge in [-0.2, -0.15) is 0 Å². The van der Waals surface area contributed by atoms with Gasteiger partial charge in [-0.15, -0.1) is 0 Å². The molecule has 0 aliphatic heterocycles. The number of hydrogen-bond donors (Lipinski definition) is 1. The Morgan fingerprint density at radius 2 is 2.19 bits per heavy atom. The highest BCUT2D eigenvalue weighted by atomic mass is 16.6. The molecule has 0 amide bonds. The van der Waals surface area contributed by atoms with Crippen LogP contribution >= 0.6 is 0 Å². The van der Waals surface area contributed by atoms with Crippen LogP contribution in [0.3, 0.4) is 0 Å². The molecule has 1 fully saturated rings. The van der Waals surface area contributed by atoms with Crippen molar-refractivity contribution in [2.75, 3.05) is 25.1 Å². The molecule has 21 heavy (non-hydrogen) atoms. The van der Waals surface area contributed by atoms with Crippen LogP contribution in [-0.2, 0) is 4.74 Å². The van der Waals surface area contributed by atoms with Gasteiger partial charge >= 0.3 is 5.69 Å². The molecule has 0 saturated heterocycles. The van der Waals surface area contributed by atoms with Gasteiger partial charge in [0.25, 0.3) is 0 Å². The van der Waals surface area contributed by atoms with Crippen molar-refractivity contribution < 1.29 is 14.3 Å². The van der Waals surface area contributed by atoms with E-state index in [4.69, 9.17) is 4.74 Å². The molecule has 1 aliphatic carbocycles. The summed E-state index contributed by atoms with van der Waals surface area (Å²) >= 11 is 0. The van der Waals surface area contributed by atoms with E-state index in [1.54, 1.807) is 6.07 Å². The minimum absolute atomic E-state index is 0.107. The highest BCUT2D eigenvalue weighted by Gasteiger charge is 2.21. The summed E-state index contributed by atoms with van der Waals surface area (Å²) in [6.45, 7) is 2.26. The Morgan fingerprint density at radius 1 is 1.38 bits per heavy atom. The number of benzene rings is 1. The molecule has 8 heteroatoms. The number of non-ortho nitro benzene ring substituents is 1. The summed E-state index contributed by atoms with van der Waals surface area (Å²) in [5, 5.41) is 21.4. The molecule has 1 N–H and O–H groups in total. The molecule has 1 heterocycles. The molecule has 3 rings (SSSR count). The zero-order valence-electron chi connectivity index (χ0n) is 11.4. The summed E-state index contributed by atoms with van der Waals surface area (Å²) in [6, 6.07) is 3.02. The van der Waals surface area contributed by atoms with Crippen LogP contribution in [0.2, 0.25) is 0 Å². The van der Waals surface area contributed by atoms with Crippen LogP contribution in [0.15, 0.2) is 16.8 Å². The Morgan fingerprint density at radius 3 is 2.95 bits per heavy atom. The topological polar surface area (TPSA) is 103 Å². The monoisotopic (exact) mass is 292 g/mol. The Labute approximate surface area is 120 Å². The van der Waals surface area contributed by atoms with Gasteiger partial charge in [-0.1, -0.05) is 0 Å². The number of aromatic nitrogens is 2. The van der Waals surface area contributed by atoms with Gasteiger partial charge in [0.1, 0.15) is 0 Å². The molecule has 0 spiro atoms. The maximum absolute atomic E-state index is 10.9. The maximum atomic E-state index is 10.9. The van der Waals surface area contributed by atoms with Crippen LogP contribution in [0.1, 0.15) is 19.3 Å². The van der Waals surface area contributed by atoms with E-state index in [-0.39, 0.29) is 11.2 Å². The van der Waals surface area contributed by atoms with Crippen molar-refractivity contribution in [3.63, 3.8) is 0 Å². The molecule has 1 saturated carbocycles. The van der Waals surface area contributed by atoms with E-state index in [0.717, 1.165) is 18.9 Å². The first-order valence-electron chi connectivity index (χ1n) is 6.97. The second kappa shape index (κ2) is 6.04. The van der Waals surface area contributed by atoms with E-state index in [9.17, 15) is 10.1 Å². The number of fused-ring (bicyclic) bond motifs is 1. The van der Waals surface area contributed by atoms with E-state index in [0.29, 0.717) is 24.4 Å². The van der Waals surface area contributed by atoms with Crippen LogP contribution in [0, 0.1) is 16.0 Å². The van der Waals surface area contributed by atoms with Crippen molar-refractivity contribution >= 4 is 22.4 Å². The standard InChI is InChI=1S/C13H16N4O4/c18-17(19)11-5-4-10(12-13(11)16-21-15-12)14-6-1-7-20-8-9-2-3-9/h4-5,9,14H,1-3,6-8H2. The quantitative estimate of drug-likeness (QED) is 0.452.